The zero-order valence-electron chi connectivity index (χ0n) is 15.0. The van der Waals surface area contributed by atoms with Crippen LogP contribution in [0.2, 0.25) is 0 Å². The second-order valence-corrected chi connectivity index (χ2v) is 6.61. The fourth-order valence-electron chi connectivity index (χ4n) is 2.97. The molecule has 0 fully saturated rings. The molecule has 0 amide bonds. The van der Waals surface area contributed by atoms with E-state index in [1.165, 1.54) is 6.33 Å². The number of rotatable bonds is 4. The first-order valence-electron chi connectivity index (χ1n) is 8.66. The smallest absolute Gasteiger partial charge is 0.233 e. The Balaban J connectivity index is 1.80. The summed E-state index contributed by atoms with van der Waals surface area (Å²) in [6, 6.07) is 16.2. The quantitative estimate of drug-likeness (QED) is 0.520. The predicted molar refractivity (Wildman–Crippen MR) is 102 cm³/mol. The van der Waals surface area contributed by atoms with Gasteiger partial charge in [0, 0.05) is 0 Å². The van der Waals surface area contributed by atoms with E-state index in [0.29, 0.717) is 11.8 Å². The number of aromatic nitrogens is 4. The van der Waals surface area contributed by atoms with Crippen LogP contribution in [0.1, 0.15) is 30.9 Å². The Morgan fingerprint density at radius 2 is 1.81 bits per heavy atom. The monoisotopic (exact) mass is 344 g/mol. The van der Waals surface area contributed by atoms with Crippen molar-refractivity contribution in [1.29, 1.82) is 0 Å². The summed E-state index contributed by atoms with van der Waals surface area (Å²) >= 11 is 0. The molecule has 2 aromatic carbocycles. The molecule has 0 aliphatic carbocycles. The number of benzene rings is 2. The lowest BCUT2D eigenvalue weighted by atomic mass is 10.0. The van der Waals surface area contributed by atoms with Crippen molar-refractivity contribution in [2.45, 2.75) is 26.7 Å². The summed E-state index contributed by atoms with van der Waals surface area (Å²) in [5, 5.41) is 5.26. The third-order valence-corrected chi connectivity index (χ3v) is 4.33. The van der Waals surface area contributed by atoms with Gasteiger partial charge in [-0.25, -0.2) is 14.6 Å². The molecule has 130 valence electrons. The van der Waals surface area contributed by atoms with Crippen LogP contribution in [-0.2, 0) is 0 Å². The number of fused-ring (bicyclic) bond motifs is 1. The predicted octanol–water partition coefficient (Wildman–Crippen LogP) is 5.04. The van der Waals surface area contributed by atoms with Crippen molar-refractivity contribution >= 4 is 11.0 Å². The molecule has 0 spiro atoms. The van der Waals surface area contributed by atoms with Gasteiger partial charge in [-0.2, -0.15) is 5.10 Å². The van der Waals surface area contributed by atoms with Crippen molar-refractivity contribution < 1.29 is 4.74 Å². The fraction of sp³-hybridized carbons (Fsp3) is 0.190. The lowest BCUT2D eigenvalue weighted by Gasteiger charge is -2.14. The summed E-state index contributed by atoms with van der Waals surface area (Å²) < 4.78 is 8.00. The highest BCUT2D eigenvalue weighted by Crippen LogP contribution is 2.33. The van der Waals surface area contributed by atoms with Gasteiger partial charge < -0.3 is 4.74 Å². The molecule has 0 saturated heterocycles. The van der Waals surface area contributed by atoms with E-state index in [1.807, 2.05) is 36.4 Å². The molecule has 26 heavy (non-hydrogen) atoms. The van der Waals surface area contributed by atoms with Crippen LogP contribution in [0.4, 0.5) is 0 Å². The van der Waals surface area contributed by atoms with Crippen molar-refractivity contribution in [2.75, 3.05) is 0 Å². The van der Waals surface area contributed by atoms with Gasteiger partial charge in [0.25, 0.3) is 0 Å². The van der Waals surface area contributed by atoms with E-state index in [1.54, 1.807) is 10.9 Å². The molecule has 0 radical (unpaired) electrons. The zero-order chi connectivity index (χ0) is 18.1. The SMILES string of the molecule is Cc1ccc(C(C)C)c(Oc2ncnc3c2cnn3-c2ccccc2)c1. The van der Waals surface area contributed by atoms with E-state index < -0.39 is 0 Å². The highest BCUT2D eigenvalue weighted by molar-refractivity contribution is 5.81. The van der Waals surface area contributed by atoms with E-state index in [2.05, 4.69) is 48.0 Å². The first-order valence-corrected chi connectivity index (χ1v) is 8.66. The molecule has 0 unspecified atom stereocenters. The Kier molecular flexibility index (Phi) is 4.13. The van der Waals surface area contributed by atoms with Gasteiger partial charge in [0.1, 0.15) is 17.5 Å². The summed E-state index contributed by atoms with van der Waals surface area (Å²) in [6.07, 6.45) is 3.27. The molecule has 0 aliphatic rings. The maximum Gasteiger partial charge on any atom is 0.233 e. The van der Waals surface area contributed by atoms with Gasteiger partial charge in [-0.1, -0.05) is 44.2 Å². The molecule has 2 aromatic heterocycles. The van der Waals surface area contributed by atoms with Crippen molar-refractivity contribution in [1.82, 2.24) is 19.7 Å². The fourth-order valence-corrected chi connectivity index (χ4v) is 2.97. The molecule has 0 saturated carbocycles. The largest absolute Gasteiger partial charge is 0.438 e. The van der Waals surface area contributed by atoms with Crippen LogP contribution in [0.5, 0.6) is 11.6 Å². The van der Waals surface area contributed by atoms with Crippen LogP contribution in [0, 0.1) is 6.92 Å². The number of para-hydroxylation sites is 1. The van der Waals surface area contributed by atoms with Crippen molar-refractivity contribution in [3.63, 3.8) is 0 Å². The van der Waals surface area contributed by atoms with E-state index in [9.17, 15) is 0 Å². The van der Waals surface area contributed by atoms with Gasteiger partial charge in [-0.05, 0) is 42.2 Å². The van der Waals surface area contributed by atoms with E-state index in [4.69, 9.17) is 4.74 Å². The maximum absolute atomic E-state index is 6.21. The van der Waals surface area contributed by atoms with Crippen molar-refractivity contribution in [2.24, 2.45) is 0 Å². The standard InChI is InChI=1S/C21H20N4O/c1-14(2)17-10-9-15(3)11-19(17)26-21-18-12-24-25(20(18)22-13-23-21)16-7-5-4-6-8-16/h4-14H,1-3H3. The third kappa shape index (κ3) is 2.92. The van der Waals surface area contributed by atoms with Crippen LogP contribution in [-0.4, -0.2) is 19.7 Å². The average Bonchev–Trinajstić information content (AvgIpc) is 3.07. The van der Waals surface area contributed by atoms with E-state index in [-0.39, 0.29) is 0 Å². The van der Waals surface area contributed by atoms with Crippen LogP contribution in [0.3, 0.4) is 0 Å². The number of nitrogens with zero attached hydrogens (tertiary/aromatic N) is 4. The number of hydrogen-bond acceptors (Lipinski definition) is 4. The van der Waals surface area contributed by atoms with Crippen LogP contribution < -0.4 is 4.74 Å². The first-order chi connectivity index (χ1) is 12.6. The first kappa shape index (κ1) is 16.3. The average molecular weight is 344 g/mol. The molecular weight excluding hydrogens is 324 g/mol. The maximum atomic E-state index is 6.21. The molecular formula is C21H20N4O. The lowest BCUT2D eigenvalue weighted by molar-refractivity contribution is 0.459. The molecule has 4 rings (SSSR count). The van der Waals surface area contributed by atoms with Crippen LogP contribution >= 0.6 is 0 Å². The highest BCUT2D eigenvalue weighted by atomic mass is 16.5. The normalized spacial score (nSPS) is 11.2. The molecule has 0 N–H and O–H groups in total. The Labute approximate surface area is 152 Å². The van der Waals surface area contributed by atoms with Crippen molar-refractivity contribution in [3.8, 4) is 17.3 Å². The zero-order valence-corrected chi connectivity index (χ0v) is 15.0. The van der Waals surface area contributed by atoms with Gasteiger partial charge in [0.2, 0.25) is 5.88 Å². The van der Waals surface area contributed by atoms with Gasteiger partial charge >= 0.3 is 0 Å². The Bertz CT molecular complexity index is 1050. The molecule has 5 heteroatoms. The van der Waals surface area contributed by atoms with Crippen LogP contribution in [0.25, 0.3) is 16.7 Å². The summed E-state index contributed by atoms with van der Waals surface area (Å²) in [5.41, 5.74) is 3.97. The number of ether oxygens (including phenoxy) is 1. The van der Waals surface area contributed by atoms with E-state index in [0.717, 1.165) is 33.6 Å². The van der Waals surface area contributed by atoms with Gasteiger partial charge in [-0.3, -0.25) is 0 Å². The molecule has 2 heterocycles. The molecule has 5 nitrogen and oxygen atoms in total. The van der Waals surface area contributed by atoms with Crippen LogP contribution in [0.15, 0.2) is 61.1 Å². The van der Waals surface area contributed by atoms with Gasteiger partial charge in [0.05, 0.1) is 11.9 Å². The highest BCUT2D eigenvalue weighted by Gasteiger charge is 2.15. The lowest BCUT2D eigenvalue weighted by Crippen LogP contribution is -1.99. The van der Waals surface area contributed by atoms with Crippen molar-refractivity contribution in [3.05, 3.63) is 72.2 Å². The number of hydrogen-bond donors (Lipinski definition) is 0. The Morgan fingerprint density at radius 1 is 1.00 bits per heavy atom. The van der Waals surface area contributed by atoms with Gasteiger partial charge in [0.15, 0.2) is 5.65 Å². The van der Waals surface area contributed by atoms with E-state index >= 15 is 0 Å². The summed E-state index contributed by atoms with van der Waals surface area (Å²) in [4.78, 5) is 8.76. The molecule has 0 aliphatic heterocycles. The van der Waals surface area contributed by atoms with Gasteiger partial charge in [-0.15, -0.1) is 0 Å². The second-order valence-electron chi connectivity index (χ2n) is 6.61. The summed E-state index contributed by atoms with van der Waals surface area (Å²) in [5.74, 6) is 1.70. The summed E-state index contributed by atoms with van der Waals surface area (Å²) in [7, 11) is 0. The molecule has 0 bridgehead atoms. The summed E-state index contributed by atoms with van der Waals surface area (Å²) in [6.45, 7) is 6.36. The minimum absolute atomic E-state index is 0.356. The minimum atomic E-state index is 0.356. The minimum Gasteiger partial charge on any atom is -0.438 e. The molecule has 4 aromatic rings. The second kappa shape index (κ2) is 6.59. The molecule has 0 atom stereocenters. The topological polar surface area (TPSA) is 52.8 Å². The Hall–Kier alpha value is -3.21. The Morgan fingerprint density at radius 3 is 2.58 bits per heavy atom. The number of aryl methyl sites for hydroxylation is 1. The third-order valence-electron chi connectivity index (χ3n) is 4.33.